The molecule has 0 radical (unpaired) electrons. The Hall–Kier alpha value is 0.204. The van der Waals surface area contributed by atoms with Gasteiger partial charge in [0.05, 0.1) is 0 Å². The van der Waals surface area contributed by atoms with Crippen LogP contribution in [0.3, 0.4) is 0 Å². The van der Waals surface area contributed by atoms with Crippen molar-refractivity contribution in [2.24, 2.45) is 0 Å². The first kappa shape index (κ1) is 38.2. The molecule has 0 bridgehead atoms. The number of halogens is 12. The van der Waals surface area contributed by atoms with Crippen molar-refractivity contribution in [2.75, 3.05) is 0 Å². The predicted molar refractivity (Wildman–Crippen MR) is 139 cm³/mol. The van der Waals surface area contributed by atoms with Gasteiger partial charge in [0.25, 0.3) is 30.5 Å². The lowest BCUT2D eigenvalue weighted by molar-refractivity contribution is -0.0100. The molecule has 0 aromatic heterocycles. The highest BCUT2D eigenvalue weighted by Crippen LogP contribution is 2.56. The van der Waals surface area contributed by atoms with Crippen molar-refractivity contribution in [3.05, 3.63) is 0 Å². The van der Waals surface area contributed by atoms with Crippen LogP contribution >= 0.6 is 0 Å². The zero-order valence-electron chi connectivity index (χ0n) is 23.8. The van der Waals surface area contributed by atoms with E-state index >= 15 is 35.1 Å². The summed E-state index contributed by atoms with van der Waals surface area (Å²) in [6.45, 7) is 0.395. The molecule has 0 aromatic rings. The van der Waals surface area contributed by atoms with Gasteiger partial charge in [0.1, 0.15) is 0 Å². The van der Waals surface area contributed by atoms with E-state index in [0.29, 0.717) is 80.1 Å². The van der Waals surface area contributed by atoms with Crippen LogP contribution in [-0.4, -0.2) is 84.8 Å². The second kappa shape index (κ2) is 10.8. The lowest BCUT2D eigenvalue weighted by Crippen LogP contribution is -2.98. The summed E-state index contributed by atoms with van der Waals surface area (Å²) in [6, 6.07) is 0. The molecule has 0 amide bonds. The first-order chi connectivity index (χ1) is 16.2. The third-order valence-electron chi connectivity index (χ3n) is 8.35. The topological polar surface area (TPSA) is 9.23 Å². The standard InChI is InChI=1S/C20H40F12OSi5/c1-13(21)17(25,26)34(5,6)33-38(35(7,8)18(27,28)14(2)22,36(9,10)19(29,30)15(3)23)37(11,12)20(31,32)16(4)24/h13-16H,1-12H3. The fourth-order valence-corrected chi connectivity index (χ4v) is 108. The van der Waals surface area contributed by atoms with E-state index in [1.807, 2.05) is 0 Å². The highest BCUT2D eigenvalue weighted by atomic mass is 29.9. The van der Waals surface area contributed by atoms with Gasteiger partial charge in [-0.05, 0) is 40.8 Å². The Labute approximate surface area is 221 Å². The summed E-state index contributed by atoms with van der Waals surface area (Å²) in [5.74, 6) is 0. The van der Waals surface area contributed by atoms with E-state index in [-0.39, 0.29) is 0 Å². The zero-order chi connectivity index (χ0) is 31.5. The molecule has 0 spiro atoms. The van der Waals surface area contributed by atoms with E-state index in [0.717, 1.165) is 0 Å². The predicted octanol–water partition coefficient (Wildman–Crippen LogP) is 8.64. The second-order valence-corrected chi connectivity index (χ2v) is 51.8. The normalized spacial score (nSPS) is 20.5. The number of alkyl halides is 12. The molecule has 0 heterocycles. The van der Waals surface area contributed by atoms with Crippen LogP contribution in [0.25, 0.3) is 0 Å². The van der Waals surface area contributed by atoms with Crippen LogP contribution in [0.4, 0.5) is 52.7 Å². The Morgan fingerprint density at radius 2 is 0.605 bits per heavy atom. The molecule has 0 saturated heterocycles. The van der Waals surface area contributed by atoms with Crippen molar-refractivity contribution >= 4 is 38.0 Å². The average molecular weight is 665 g/mol. The van der Waals surface area contributed by atoms with Crippen LogP contribution in [0, 0.1) is 0 Å². The van der Waals surface area contributed by atoms with Gasteiger partial charge in [-0.25, -0.2) is 52.7 Å². The van der Waals surface area contributed by atoms with Gasteiger partial charge in [-0.1, -0.05) is 39.3 Å². The van der Waals surface area contributed by atoms with Gasteiger partial charge < -0.3 is 4.12 Å². The molecule has 0 fully saturated rings. The van der Waals surface area contributed by atoms with Crippen molar-refractivity contribution in [1.29, 1.82) is 0 Å². The largest absolute Gasteiger partial charge is 0.457 e. The lowest BCUT2D eigenvalue weighted by Gasteiger charge is -2.64. The molecule has 4 unspecified atom stereocenters. The summed E-state index contributed by atoms with van der Waals surface area (Å²) >= 11 is 0. The molecule has 0 rings (SSSR count). The van der Waals surface area contributed by atoms with Gasteiger partial charge >= 0.3 is 0 Å². The van der Waals surface area contributed by atoms with E-state index in [4.69, 9.17) is 4.12 Å². The van der Waals surface area contributed by atoms with Crippen molar-refractivity contribution in [3.8, 4) is 0 Å². The Balaban J connectivity index is 8.63. The van der Waals surface area contributed by atoms with Crippen LogP contribution in [0.15, 0.2) is 0 Å². The van der Waals surface area contributed by atoms with E-state index in [1.165, 1.54) is 0 Å². The molecule has 0 N–H and O–H groups in total. The second-order valence-electron chi connectivity index (χ2n) is 12.1. The van der Waals surface area contributed by atoms with E-state index < -0.39 is 84.8 Å². The highest BCUT2D eigenvalue weighted by Gasteiger charge is 2.87. The van der Waals surface area contributed by atoms with E-state index in [2.05, 4.69) is 0 Å². The van der Waals surface area contributed by atoms with Crippen LogP contribution in [0.1, 0.15) is 27.7 Å². The Morgan fingerprint density at radius 3 is 0.763 bits per heavy atom. The number of rotatable bonds is 13. The molecule has 0 aliphatic rings. The molecule has 0 aliphatic carbocycles. The van der Waals surface area contributed by atoms with Crippen molar-refractivity contribution in [1.82, 2.24) is 0 Å². The third kappa shape index (κ3) is 5.17. The first-order valence-corrected chi connectivity index (χ1v) is 28.8. The van der Waals surface area contributed by atoms with Crippen LogP contribution < -0.4 is 0 Å². The molecule has 1 nitrogen and oxygen atoms in total. The molecule has 18 heteroatoms. The summed E-state index contributed by atoms with van der Waals surface area (Å²) in [5, 5.41) is 0. The summed E-state index contributed by atoms with van der Waals surface area (Å²) in [5.41, 5.74) is -18.3. The van der Waals surface area contributed by atoms with E-state index in [9.17, 15) is 17.6 Å². The van der Waals surface area contributed by atoms with Gasteiger partial charge in [0, 0.05) is 0 Å². The molecule has 38 heavy (non-hydrogen) atoms. The maximum absolute atomic E-state index is 15.9. The van der Waals surface area contributed by atoms with Crippen LogP contribution in [-0.2, 0) is 4.12 Å². The third-order valence-corrected chi connectivity index (χ3v) is 80.4. The molecular formula is C20H40F12OSi5. The fraction of sp³-hybridized carbons (Fsp3) is 1.00. The summed E-state index contributed by atoms with van der Waals surface area (Å²) < 4.78 is 189. The maximum Gasteiger partial charge on any atom is 0.285 e. The smallest absolute Gasteiger partial charge is 0.285 e. The van der Waals surface area contributed by atoms with Gasteiger partial charge in [-0.2, -0.15) is 0 Å². The van der Waals surface area contributed by atoms with E-state index in [1.54, 1.807) is 0 Å². The Morgan fingerprint density at radius 1 is 0.421 bits per heavy atom. The van der Waals surface area contributed by atoms with Gasteiger partial charge in [-0.3, -0.25) is 0 Å². The summed E-state index contributed by atoms with van der Waals surface area (Å²) in [4.78, 5) is 0. The maximum atomic E-state index is 15.9. The average Bonchev–Trinajstić information content (AvgIpc) is 2.70. The minimum atomic E-state index is -6.00. The summed E-state index contributed by atoms with van der Waals surface area (Å²) in [7, 11) is -21.6. The highest BCUT2D eigenvalue weighted by molar-refractivity contribution is 7.89. The van der Waals surface area contributed by atoms with Gasteiger partial charge in [0.15, 0.2) is 54.3 Å². The molecular weight excluding hydrogens is 625 g/mol. The lowest BCUT2D eigenvalue weighted by atomic mass is 10.5. The van der Waals surface area contributed by atoms with Crippen molar-refractivity contribution < 1.29 is 56.8 Å². The number of hydrogen-bond acceptors (Lipinski definition) is 1. The zero-order valence-corrected chi connectivity index (χ0v) is 28.8. The molecule has 0 aromatic carbocycles. The van der Waals surface area contributed by atoms with Gasteiger partial charge in [0.2, 0.25) is 0 Å². The van der Waals surface area contributed by atoms with Crippen LogP contribution in [0.2, 0.25) is 52.4 Å². The first-order valence-electron chi connectivity index (χ1n) is 12.0. The quantitative estimate of drug-likeness (QED) is 0.142. The van der Waals surface area contributed by atoms with Crippen molar-refractivity contribution in [3.63, 3.8) is 0 Å². The molecule has 230 valence electrons. The monoisotopic (exact) mass is 664 g/mol. The van der Waals surface area contributed by atoms with Crippen LogP contribution in [0.5, 0.6) is 0 Å². The molecule has 4 atom stereocenters. The van der Waals surface area contributed by atoms with Crippen molar-refractivity contribution in [2.45, 2.75) is 127 Å². The Bertz CT molecular complexity index is 750. The summed E-state index contributed by atoms with van der Waals surface area (Å²) in [6.07, 6.45) is -12.4. The molecule has 0 aliphatic heterocycles. The van der Waals surface area contributed by atoms with Gasteiger partial charge in [-0.15, -0.1) is 0 Å². The Kier molecular flexibility index (Phi) is 10.9. The minimum Gasteiger partial charge on any atom is -0.457 e. The SMILES string of the molecule is CC(F)C(F)(F)[Si](C)(C)O[Si]([Si](C)(C)C(F)(F)C(C)F)([Si](C)(C)C(F)(F)C(C)F)[Si](C)(C)C(F)(F)C(C)F. The fourth-order valence-electron chi connectivity index (χ4n) is 5.85. The minimum absolute atomic E-state index is 0.365. The number of hydrogen-bond donors (Lipinski definition) is 0. The molecule has 0 saturated carbocycles.